The molecular weight excluding hydrogens is 288 g/mol. The molecule has 21 heavy (non-hydrogen) atoms. The molecule has 1 aromatic rings. The maximum absolute atomic E-state index is 12.5. The minimum absolute atomic E-state index is 0.160. The van der Waals surface area contributed by atoms with Crippen molar-refractivity contribution >= 4 is 21.4 Å². The monoisotopic (exact) mass is 312 g/mol. The van der Waals surface area contributed by atoms with E-state index in [0.29, 0.717) is 17.8 Å². The van der Waals surface area contributed by atoms with Gasteiger partial charge in [0.25, 0.3) is 0 Å². The van der Waals surface area contributed by atoms with Gasteiger partial charge in [0.1, 0.15) is 5.25 Å². The molecule has 0 fully saturated rings. The lowest BCUT2D eigenvalue weighted by Gasteiger charge is -2.15. The largest absolute Gasteiger partial charge is 0.399 e. The molecule has 0 bridgehead atoms. The van der Waals surface area contributed by atoms with Crippen molar-refractivity contribution in [2.75, 3.05) is 12.3 Å². The Kier molecular flexibility index (Phi) is 6.20. The molecule has 1 amide bonds. The summed E-state index contributed by atoms with van der Waals surface area (Å²) in [4.78, 5) is 12.1. The predicted molar refractivity (Wildman–Crippen MR) is 84.8 cm³/mol. The SMILES string of the molecule is CCCCCNC(=O)C(C)S(=O)(=O)c1ccc(N)cc1C. The Morgan fingerprint density at radius 1 is 1.33 bits per heavy atom. The number of anilines is 1. The smallest absolute Gasteiger partial charge is 0.238 e. The second-order valence-corrected chi connectivity index (χ2v) is 7.45. The van der Waals surface area contributed by atoms with E-state index in [0.717, 1.165) is 19.3 Å². The van der Waals surface area contributed by atoms with Gasteiger partial charge in [-0.15, -0.1) is 0 Å². The number of sulfone groups is 1. The van der Waals surface area contributed by atoms with Crippen LogP contribution in [0.4, 0.5) is 5.69 Å². The summed E-state index contributed by atoms with van der Waals surface area (Å²) in [5.74, 6) is -0.456. The fraction of sp³-hybridized carbons (Fsp3) is 0.533. The summed E-state index contributed by atoms with van der Waals surface area (Å²) in [6.07, 6.45) is 2.92. The molecule has 3 N–H and O–H groups in total. The van der Waals surface area contributed by atoms with Gasteiger partial charge in [-0.05, 0) is 44.0 Å². The number of hydrogen-bond acceptors (Lipinski definition) is 4. The quantitative estimate of drug-likeness (QED) is 0.595. The van der Waals surface area contributed by atoms with Crippen molar-refractivity contribution in [3.63, 3.8) is 0 Å². The molecule has 0 aliphatic carbocycles. The van der Waals surface area contributed by atoms with E-state index in [1.165, 1.54) is 19.1 Å². The molecule has 0 saturated heterocycles. The molecule has 1 aromatic carbocycles. The first-order valence-corrected chi connectivity index (χ1v) is 8.73. The fourth-order valence-electron chi connectivity index (χ4n) is 2.05. The number of nitrogens with two attached hydrogens (primary N) is 1. The first-order valence-electron chi connectivity index (χ1n) is 7.18. The van der Waals surface area contributed by atoms with Crippen LogP contribution in [0.25, 0.3) is 0 Å². The number of aryl methyl sites for hydroxylation is 1. The van der Waals surface area contributed by atoms with Gasteiger partial charge >= 0.3 is 0 Å². The fourth-order valence-corrected chi connectivity index (χ4v) is 3.57. The van der Waals surface area contributed by atoms with Gasteiger partial charge in [-0.3, -0.25) is 4.79 Å². The van der Waals surface area contributed by atoms with Crippen molar-refractivity contribution in [2.24, 2.45) is 0 Å². The normalized spacial score (nSPS) is 12.9. The maximum Gasteiger partial charge on any atom is 0.238 e. The first-order chi connectivity index (χ1) is 9.80. The highest BCUT2D eigenvalue weighted by atomic mass is 32.2. The number of carbonyl (C=O) groups is 1. The molecule has 0 aliphatic heterocycles. The molecule has 1 unspecified atom stereocenters. The van der Waals surface area contributed by atoms with Crippen LogP contribution in [0.2, 0.25) is 0 Å². The number of carbonyl (C=O) groups excluding carboxylic acids is 1. The average molecular weight is 312 g/mol. The Hall–Kier alpha value is -1.56. The van der Waals surface area contributed by atoms with Gasteiger partial charge in [-0.25, -0.2) is 8.42 Å². The number of nitrogens with one attached hydrogen (secondary N) is 1. The van der Waals surface area contributed by atoms with Gasteiger partial charge in [0.05, 0.1) is 4.90 Å². The van der Waals surface area contributed by atoms with Gasteiger partial charge in [-0.2, -0.15) is 0 Å². The zero-order valence-corrected chi connectivity index (χ0v) is 13.7. The minimum Gasteiger partial charge on any atom is -0.399 e. The molecular formula is C15H24N2O3S. The van der Waals surface area contributed by atoms with E-state index in [2.05, 4.69) is 12.2 Å². The van der Waals surface area contributed by atoms with Crippen LogP contribution in [0.5, 0.6) is 0 Å². The first kappa shape index (κ1) is 17.5. The zero-order chi connectivity index (χ0) is 16.0. The number of unbranched alkanes of at least 4 members (excludes halogenated alkanes) is 2. The van der Waals surface area contributed by atoms with E-state index in [9.17, 15) is 13.2 Å². The highest BCUT2D eigenvalue weighted by Crippen LogP contribution is 2.22. The summed E-state index contributed by atoms with van der Waals surface area (Å²) in [5, 5.41) is 1.57. The number of benzene rings is 1. The Balaban J connectivity index is 2.84. The van der Waals surface area contributed by atoms with Crippen LogP contribution in [0.3, 0.4) is 0 Å². The molecule has 6 heteroatoms. The zero-order valence-electron chi connectivity index (χ0n) is 12.8. The van der Waals surface area contributed by atoms with Crippen molar-refractivity contribution in [1.29, 1.82) is 0 Å². The predicted octanol–water partition coefficient (Wildman–Crippen LogP) is 2.05. The third kappa shape index (κ3) is 4.46. The van der Waals surface area contributed by atoms with Crippen molar-refractivity contribution in [1.82, 2.24) is 5.32 Å². The van der Waals surface area contributed by atoms with E-state index in [4.69, 9.17) is 5.73 Å². The van der Waals surface area contributed by atoms with Crippen LogP contribution < -0.4 is 11.1 Å². The highest BCUT2D eigenvalue weighted by molar-refractivity contribution is 7.92. The minimum atomic E-state index is -3.70. The van der Waals surface area contributed by atoms with Gasteiger partial charge < -0.3 is 11.1 Å². The molecule has 1 atom stereocenters. The standard InChI is InChI=1S/C15H24N2O3S/c1-4-5-6-9-17-15(18)12(3)21(19,20)14-8-7-13(16)10-11(14)2/h7-8,10,12H,4-6,9,16H2,1-3H3,(H,17,18). The summed E-state index contributed by atoms with van der Waals surface area (Å²) in [6, 6.07) is 4.59. The van der Waals surface area contributed by atoms with Crippen LogP contribution in [-0.2, 0) is 14.6 Å². The van der Waals surface area contributed by atoms with Crippen LogP contribution in [0.1, 0.15) is 38.7 Å². The summed E-state index contributed by atoms with van der Waals surface area (Å²) < 4.78 is 25.0. The highest BCUT2D eigenvalue weighted by Gasteiger charge is 2.30. The summed E-state index contributed by atoms with van der Waals surface area (Å²) in [7, 11) is -3.70. The molecule has 0 spiro atoms. The third-order valence-corrected chi connectivity index (χ3v) is 5.64. The van der Waals surface area contributed by atoms with Crippen molar-refractivity contribution in [3.05, 3.63) is 23.8 Å². The van der Waals surface area contributed by atoms with E-state index in [1.807, 2.05) is 0 Å². The Morgan fingerprint density at radius 2 is 2.00 bits per heavy atom. The van der Waals surface area contributed by atoms with Crippen molar-refractivity contribution in [2.45, 2.75) is 50.2 Å². The van der Waals surface area contributed by atoms with E-state index in [-0.39, 0.29) is 4.90 Å². The Morgan fingerprint density at radius 3 is 2.57 bits per heavy atom. The van der Waals surface area contributed by atoms with Gasteiger partial charge in [0.15, 0.2) is 9.84 Å². The lowest BCUT2D eigenvalue weighted by atomic mass is 10.2. The van der Waals surface area contributed by atoms with Crippen LogP contribution in [0, 0.1) is 6.92 Å². The lowest BCUT2D eigenvalue weighted by molar-refractivity contribution is -0.120. The topological polar surface area (TPSA) is 89.3 Å². The second-order valence-electron chi connectivity index (χ2n) is 5.21. The number of amides is 1. The van der Waals surface area contributed by atoms with E-state index < -0.39 is 21.0 Å². The molecule has 1 rings (SSSR count). The van der Waals surface area contributed by atoms with Crippen LogP contribution in [-0.4, -0.2) is 26.1 Å². The van der Waals surface area contributed by atoms with Crippen molar-refractivity contribution in [3.8, 4) is 0 Å². The molecule has 0 saturated carbocycles. The van der Waals surface area contributed by atoms with Crippen LogP contribution in [0.15, 0.2) is 23.1 Å². The number of rotatable bonds is 7. The molecule has 5 nitrogen and oxygen atoms in total. The third-order valence-electron chi connectivity index (χ3n) is 3.42. The summed E-state index contributed by atoms with van der Waals surface area (Å²) in [6.45, 7) is 5.67. The van der Waals surface area contributed by atoms with E-state index >= 15 is 0 Å². The molecule has 0 radical (unpaired) electrons. The van der Waals surface area contributed by atoms with Crippen molar-refractivity contribution < 1.29 is 13.2 Å². The molecule has 0 aromatic heterocycles. The molecule has 118 valence electrons. The second kappa shape index (κ2) is 7.45. The Bertz CT molecular complexity index is 597. The summed E-state index contributed by atoms with van der Waals surface area (Å²) in [5.41, 5.74) is 6.69. The van der Waals surface area contributed by atoms with Gasteiger partial charge in [0, 0.05) is 12.2 Å². The average Bonchev–Trinajstić information content (AvgIpc) is 2.42. The number of hydrogen-bond donors (Lipinski definition) is 2. The van der Waals surface area contributed by atoms with Gasteiger partial charge in [-0.1, -0.05) is 19.8 Å². The maximum atomic E-state index is 12.5. The molecule has 0 heterocycles. The van der Waals surface area contributed by atoms with Crippen LogP contribution >= 0.6 is 0 Å². The Labute approximate surface area is 126 Å². The summed E-state index contributed by atoms with van der Waals surface area (Å²) >= 11 is 0. The number of nitrogen functional groups attached to an aromatic ring is 1. The molecule has 0 aliphatic rings. The van der Waals surface area contributed by atoms with Gasteiger partial charge in [0.2, 0.25) is 5.91 Å². The lowest BCUT2D eigenvalue weighted by Crippen LogP contribution is -2.38. The van der Waals surface area contributed by atoms with E-state index in [1.54, 1.807) is 13.0 Å².